The van der Waals surface area contributed by atoms with Gasteiger partial charge in [-0.15, -0.1) is 0 Å². The fourth-order valence-corrected chi connectivity index (χ4v) is 4.32. The number of carbonyl (C=O) groups is 2. The second kappa shape index (κ2) is 6.28. The molecule has 1 aromatic heterocycles. The first-order chi connectivity index (χ1) is 10.6. The maximum atomic E-state index is 12.8. The van der Waals surface area contributed by atoms with Crippen LogP contribution in [0.25, 0.3) is 0 Å². The predicted octanol–water partition coefficient (Wildman–Crippen LogP) is -1.32. The largest absolute Gasteiger partial charge is 0.369 e. The van der Waals surface area contributed by atoms with E-state index in [1.165, 1.54) is 27.0 Å². The van der Waals surface area contributed by atoms with Crippen molar-refractivity contribution in [3.8, 4) is 0 Å². The van der Waals surface area contributed by atoms with Crippen LogP contribution in [-0.4, -0.2) is 65.4 Å². The van der Waals surface area contributed by atoms with Crippen molar-refractivity contribution >= 4 is 21.8 Å². The van der Waals surface area contributed by atoms with E-state index in [1.807, 2.05) is 0 Å². The van der Waals surface area contributed by atoms with Crippen LogP contribution in [-0.2, 0) is 26.7 Å². The third-order valence-electron chi connectivity index (χ3n) is 3.92. The Morgan fingerprint density at radius 1 is 1.30 bits per heavy atom. The van der Waals surface area contributed by atoms with Gasteiger partial charge in [0.15, 0.2) is 0 Å². The fraction of sp³-hybridized carbons (Fsp3) is 0.615. The molecule has 23 heavy (non-hydrogen) atoms. The Kier molecular flexibility index (Phi) is 4.76. The summed E-state index contributed by atoms with van der Waals surface area (Å²) in [4.78, 5) is 24.7. The number of aryl methyl sites for hydroxylation is 2. The third kappa shape index (κ3) is 3.53. The van der Waals surface area contributed by atoms with Gasteiger partial charge in [-0.25, -0.2) is 8.42 Å². The van der Waals surface area contributed by atoms with Crippen LogP contribution in [0, 0.1) is 12.8 Å². The highest BCUT2D eigenvalue weighted by Crippen LogP contribution is 2.22. The summed E-state index contributed by atoms with van der Waals surface area (Å²) in [6, 6.07) is 0. The van der Waals surface area contributed by atoms with Crippen molar-refractivity contribution in [2.75, 3.05) is 26.2 Å². The zero-order valence-corrected chi connectivity index (χ0v) is 14.2. The average Bonchev–Trinajstić information content (AvgIpc) is 2.67. The highest BCUT2D eigenvalue weighted by Gasteiger charge is 2.35. The van der Waals surface area contributed by atoms with Gasteiger partial charge in [0.05, 0.1) is 11.6 Å². The Hall–Kier alpha value is -1.94. The molecule has 1 saturated heterocycles. The SMILES string of the molecule is CC(=O)N1CCN(S(=O)(=O)c2cn(C)nc2C)CC(C(N)=O)C1. The minimum Gasteiger partial charge on any atom is -0.369 e. The zero-order chi connectivity index (χ0) is 17.4. The van der Waals surface area contributed by atoms with Crippen molar-refractivity contribution in [3.63, 3.8) is 0 Å². The number of sulfonamides is 1. The monoisotopic (exact) mass is 343 g/mol. The lowest BCUT2D eigenvalue weighted by molar-refractivity contribution is -0.130. The molecular weight excluding hydrogens is 322 g/mol. The van der Waals surface area contributed by atoms with Crippen LogP contribution in [0.5, 0.6) is 0 Å². The maximum Gasteiger partial charge on any atom is 0.246 e. The summed E-state index contributed by atoms with van der Waals surface area (Å²) < 4.78 is 28.3. The van der Waals surface area contributed by atoms with Crippen molar-refractivity contribution < 1.29 is 18.0 Å². The van der Waals surface area contributed by atoms with Crippen LogP contribution < -0.4 is 5.73 Å². The molecular formula is C13H21N5O4S. The molecule has 1 aliphatic heterocycles. The van der Waals surface area contributed by atoms with E-state index in [0.29, 0.717) is 5.69 Å². The molecule has 1 aromatic rings. The standard InChI is InChI=1S/C13H21N5O4S/c1-9-12(8-16(3)15-9)23(21,22)18-5-4-17(10(2)19)6-11(7-18)13(14)20/h8,11H,4-7H2,1-3H3,(H2,14,20). The Balaban J connectivity index is 2.36. The molecule has 128 valence electrons. The maximum absolute atomic E-state index is 12.8. The third-order valence-corrected chi connectivity index (χ3v) is 5.89. The number of hydrogen-bond donors (Lipinski definition) is 1. The Bertz CT molecular complexity index is 727. The number of amides is 2. The summed E-state index contributed by atoms with van der Waals surface area (Å²) in [5, 5.41) is 4.05. The van der Waals surface area contributed by atoms with Gasteiger partial charge in [0, 0.05) is 46.3 Å². The summed E-state index contributed by atoms with van der Waals surface area (Å²) in [7, 11) is -2.17. The van der Waals surface area contributed by atoms with Crippen LogP contribution in [0.1, 0.15) is 12.6 Å². The number of carbonyl (C=O) groups excluding carboxylic acids is 2. The summed E-state index contributed by atoms with van der Waals surface area (Å²) in [6.07, 6.45) is 1.43. The van der Waals surface area contributed by atoms with Crippen molar-refractivity contribution in [1.82, 2.24) is 19.0 Å². The first-order valence-corrected chi connectivity index (χ1v) is 8.62. The Morgan fingerprint density at radius 2 is 1.96 bits per heavy atom. The number of primary amides is 1. The van der Waals surface area contributed by atoms with Gasteiger partial charge in [-0.1, -0.05) is 0 Å². The molecule has 0 aliphatic carbocycles. The molecule has 9 nitrogen and oxygen atoms in total. The molecule has 10 heteroatoms. The molecule has 0 saturated carbocycles. The molecule has 1 unspecified atom stereocenters. The summed E-state index contributed by atoms with van der Waals surface area (Å²) in [6.45, 7) is 3.40. The van der Waals surface area contributed by atoms with Gasteiger partial charge >= 0.3 is 0 Å². The molecule has 2 amide bonds. The first kappa shape index (κ1) is 17.4. The minimum atomic E-state index is -3.81. The highest BCUT2D eigenvalue weighted by atomic mass is 32.2. The van der Waals surface area contributed by atoms with Gasteiger partial charge in [-0.2, -0.15) is 9.40 Å². The molecule has 1 atom stereocenters. The van der Waals surface area contributed by atoms with E-state index in [4.69, 9.17) is 5.73 Å². The number of nitrogens with two attached hydrogens (primary N) is 1. The lowest BCUT2D eigenvalue weighted by Crippen LogP contribution is -2.40. The van der Waals surface area contributed by atoms with E-state index in [2.05, 4.69) is 5.10 Å². The summed E-state index contributed by atoms with van der Waals surface area (Å²) in [5.41, 5.74) is 5.75. The van der Waals surface area contributed by atoms with E-state index in [9.17, 15) is 18.0 Å². The molecule has 0 radical (unpaired) electrons. The van der Waals surface area contributed by atoms with E-state index < -0.39 is 21.8 Å². The molecule has 2 N–H and O–H groups in total. The second-order valence-electron chi connectivity index (χ2n) is 5.68. The van der Waals surface area contributed by atoms with Crippen molar-refractivity contribution in [3.05, 3.63) is 11.9 Å². The van der Waals surface area contributed by atoms with Crippen molar-refractivity contribution in [2.24, 2.45) is 18.7 Å². The van der Waals surface area contributed by atoms with Gasteiger partial charge in [0.25, 0.3) is 0 Å². The number of rotatable bonds is 3. The van der Waals surface area contributed by atoms with Crippen LogP contribution in [0.15, 0.2) is 11.1 Å². The first-order valence-electron chi connectivity index (χ1n) is 7.18. The van der Waals surface area contributed by atoms with E-state index in [-0.39, 0.29) is 37.0 Å². The van der Waals surface area contributed by atoms with Gasteiger partial charge in [0.1, 0.15) is 4.90 Å². The molecule has 2 rings (SSSR count). The van der Waals surface area contributed by atoms with Crippen LogP contribution in [0.3, 0.4) is 0 Å². The van der Waals surface area contributed by atoms with Crippen LogP contribution in [0.4, 0.5) is 0 Å². The number of hydrogen-bond acceptors (Lipinski definition) is 5. The number of nitrogens with zero attached hydrogens (tertiary/aromatic N) is 4. The molecule has 0 spiro atoms. The fourth-order valence-electron chi connectivity index (χ4n) is 2.64. The molecule has 1 fully saturated rings. The Labute approximate surface area is 135 Å². The molecule has 2 heterocycles. The Morgan fingerprint density at radius 3 is 2.43 bits per heavy atom. The zero-order valence-electron chi connectivity index (χ0n) is 13.4. The van der Waals surface area contributed by atoms with Crippen LogP contribution in [0.2, 0.25) is 0 Å². The summed E-state index contributed by atoms with van der Waals surface area (Å²) >= 11 is 0. The lowest BCUT2D eigenvalue weighted by Gasteiger charge is -2.21. The van der Waals surface area contributed by atoms with Crippen molar-refractivity contribution in [2.45, 2.75) is 18.7 Å². The normalized spacial score (nSPS) is 20.3. The van der Waals surface area contributed by atoms with Gasteiger partial charge in [-0.3, -0.25) is 14.3 Å². The molecule has 1 aliphatic rings. The van der Waals surface area contributed by atoms with E-state index >= 15 is 0 Å². The highest BCUT2D eigenvalue weighted by molar-refractivity contribution is 7.89. The van der Waals surface area contributed by atoms with Gasteiger partial charge < -0.3 is 10.6 Å². The number of aromatic nitrogens is 2. The second-order valence-corrected chi connectivity index (χ2v) is 7.59. The molecule has 0 aromatic carbocycles. The molecule has 0 bridgehead atoms. The average molecular weight is 343 g/mol. The van der Waals surface area contributed by atoms with E-state index in [0.717, 1.165) is 0 Å². The van der Waals surface area contributed by atoms with Gasteiger partial charge in [-0.05, 0) is 6.92 Å². The summed E-state index contributed by atoms with van der Waals surface area (Å²) in [5.74, 6) is -1.58. The quantitative estimate of drug-likeness (QED) is 0.730. The van der Waals surface area contributed by atoms with E-state index in [1.54, 1.807) is 14.0 Å². The smallest absolute Gasteiger partial charge is 0.246 e. The topological polar surface area (TPSA) is 119 Å². The van der Waals surface area contributed by atoms with Crippen LogP contribution >= 0.6 is 0 Å². The minimum absolute atomic E-state index is 0.0459. The lowest BCUT2D eigenvalue weighted by atomic mass is 10.1. The van der Waals surface area contributed by atoms with Gasteiger partial charge in [0.2, 0.25) is 21.8 Å². The van der Waals surface area contributed by atoms with Crippen molar-refractivity contribution in [1.29, 1.82) is 0 Å². The predicted molar refractivity (Wildman–Crippen MR) is 81.6 cm³/mol.